The molecule has 1 fully saturated rings. The molecular weight excluding hydrogens is 284 g/mol. The molecule has 0 saturated heterocycles. The Balaban J connectivity index is 1.80. The second-order valence-electron chi connectivity index (χ2n) is 5.51. The summed E-state index contributed by atoms with van der Waals surface area (Å²) < 4.78 is 0. The highest BCUT2D eigenvalue weighted by molar-refractivity contribution is 7.11. The molecule has 0 unspecified atom stereocenters. The Morgan fingerprint density at radius 1 is 1.38 bits per heavy atom. The van der Waals surface area contributed by atoms with Crippen molar-refractivity contribution in [3.63, 3.8) is 0 Å². The standard InChI is InChI=1S/C16H18N2O2S/c1-10-15(21-9-17-10)16(20)18-14(12-7-13(19)8-12)11-5-3-2-4-6-11/h2-6,9,12-14,19H,7-8H2,1H3,(H,18,20)/t12?,13?,14-/m1/s1. The molecule has 2 N–H and O–H groups in total. The molecule has 2 aromatic rings. The van der Waals surface area contributed by atoms with E-state index in [9.17, 15) is 9.90 Å². The van der Waals surface area contributed by atoms with E-state index in [1.807, 2.05) is 37.3 Å². The van der Waals surface area contributed by atoms with E-state index in [0.717, 1.165) is 24.1 Å². The van der Waals surface area contributed by atoms with Gasteiger partial charge < -0.3 is 10.4 Å². The van der Waals surface area contributed by atoms with Crippen molar-refractivity contribution in [1.82, 2.24) is 10.3 Å². The molecule has 4 nitrogen and oxygen atoms in total. The topological polar surface area (TPSA) is 62.2 Å². The summed E-state index contributed by atoms with van der Waals surface area (Å²) >= 11 is 1.36. The summed E-state index contributed by atoms with van der Waals surface area (Å²) in [7, 11) is 0. The number of nitrogens with zero attached hydrogens (tertiary/aromatic N) is 1. The van der Waals surface area contributed by atoms with Gasteiger partial charge in [-0.1, -0.05) is 30.3 Å². The van der Waals surface area contributed by atoms with Crippen LogP contribution in [0, 0.1) is 12.8 Å². The maximum absolute atomic E-state index is 12.4. The van der Waals surface area contributed by atoms with Crippen LogP contribution >= 0.6 is 11.3 Å². The minimum absolute atomic E-state index is 0.0522. The monoisotopic (exact) mass is 302 g/mol. The minimum Gasteiger partial charge on any atom is -0.393 e. The van der Waals surface area contributed by atoms with Gasteiger partial charge in [-0.25, -0.2) is 4.98 Å². The average Bonchev–Trinajstić information content (AvgIpc) is 2.89. The Kier molecular flexibility index (Phi) is 4.03. The van der Waals surface area contributed by atoms with Crippen LogP contribution in [0.25, 0.3) is 0 Å². The number of rotatable bonds is 4. The summed E-state index contributed by atoms with van der Waals surface area (Å²) in [5.41, 5.74) is 3.54. The molecule has 5 heteroatoms. The Hall–Kier alpha value is -1.72. The third-order valence-electron chi connectivity index (χ3n) is 4.02. The van der Waals surface area contributed by atoms with E-state index in [1.165, 1.54) is 11.3 Å². The lowest BCUT2D eigenvalue weighted by molar-refractivity contribution is 0.0235. The number of aryl methyl sites for hydroxylation is 1. The van der Waals surface area contributed by atoms with Gasteiger partial charge in [0.2, 0.25) is 0 Å². The molecule has 1 aromatic carbocycles. The Morgan fingerprint density at radius 2 is 2.10 bits per heavy atom. The second kappa shape index (κ2) is 5.95. The smallest absolute Gasteiger partial charge is 0.263 e. The predicted octanol–water partition coefficient (Wildman–Crippen LogP) is 2.69. The molecule has 1 saturated carbocycles. The minimum atomic E-state index is -0.233. The van der Waals surface area contributed by atoms with Crippen LogP contribution in [0.2, 0.25) is 0 Å². The van der Waals surface area contributed by atoms with E-state index in [0.29, 0.717) is 10.8 Å². The maximum atomic E-state index is 12.4. The van der Waals surface area contributed by atoms with Gasteiger partial charge in [0.05, 0.1) is 23.4 Å². The van der Waals surface area contributed by atoms with Gasteiger partial charge in [-0.05, 0) is 31.2 Å². The van der Waals surface area contributed by atoms with Gasteiger partial charge in [0.15, 0.2) is 0 Å². The van der Waals surface area contributed by atoms with Crippen molar-refractivity contribution in [3.05, 3.63) is 52.0 Å². The fraction of sp³-hybridized carbons (Fsp3) is 0.375. The average molecular weight is 302 g/mol. The van der Waals surface area contributed by atoms with Crippen molar-refractivity contribution in [2.75, 3.05) is 0 Å². The lowest BCUT2D eigenvalue weighted by Crippen LogP contribution is -2.41. The number of thiazole rings is 1. The third kappa shape index (κ3) is 2.99. The van der Waals surface area contributed by atoms with Crippen LogP contribution in [0.3, 0.4) is 0 Å². The molecule has 1 aliphatic rings. The molecule has 110 valence electrons. The number of amides is 1. The van der Waals surface area contributed by atoms with E-state index in [4.69, 9.17) is 0 Å². The molecule has 1 aliphatic carbocycles. The van der Waals surface area contributed by atoms with Crippen molar-refractivity contribution in [1.29, 1.82) is 0 Å². The van der Waals surface area contributed by atoms with Gasteiger partial charge in [0.1, 0.15) is 4.88 Å². The largest absolute Gasteiger partial charge is 0.393 e. The van der Waals surface area contributed by atoms with Crippen LogP contribution in [0.15, 0.2) is 35.8 Å². The van der Waals surface area contributed by atoms with E-state index in [-0.39, 0.29) is 18.1 Å². The van der Waals surface area contributed by atoms with Crippen LogP contribution in [-0.4, -0.2) is 22.1 Å². The molecule has 0 radical (unpaired) electrons. The summed E-state index contributed by atoms with van der Waals surface area (Å²) in [6, 6.07) is 9.90. The zero-order valence-corrected chi connectivity index (χ0v) is 12.6. The van der Waals surface area contributed by atoms with Crippen LogP contribution in [0.4, 0.5) is 0 Å². The Bertz CT molecular complexity index is 620. The summed E-state index contributed by atoms with van der Waals surface area (Å²) in [6.45, 7) is 1.84. The SMILES string of the molecule is Cc1ncsc1C(=O)N[C@H](c1ccccc1)C1CC(O)C1. The third-order valence-corrected chi connectivity index (χ3v) is 4.95. The van der Waals surface area contributed by atoms with Crippen molar-refractivity contribution in [2.45, 2.75) is 31.9 Å². The van der Waals surface area contributed by atoms with Gasteiger partial charge in [-0.3, -0.25) is 4.79 Å². The van der Waals surface area contributed by atoms with Crippen molar-refractivity contribution < 1.29 is 9.90 Å². The number of benzene rings is 1. The van der Waals surface area contributed by atoms with Crippen LogP contribution in [-0.2, 0) is 0 Å². The number of hydrogen-bond acceptors (Lipinski definition) is 4. The molecule has 1 atom stereocenters. The molecule has 0 aliphatic heterocycles. The Morgan fingerprint density at radius 3 is 2.67 bits per heavy atom. The summed E-state index contributed by atoms with van der Waals surface area (Å²) in [5, 5.41) is 12.7. The molecule has 3 rings (SSSR count). The number of carbonyl (C=O) groups is 1. The summed E-state index contributed by atoms with van der Waals surface area (Å²) in [6.07, 6.45) is 1.24. The normalized spacial score (nSPS) is 22.4. The lowest BCUT2D eigenvalue weighted by atomic mass is 9.75. The highest BCUT2D eigenvalue weighted by Crippen LogP contribution is 2.38. The highest BCUT2D eigenvalue weighted by atomic mass is 32.1. The molecule has 1 aromatic heterocycles. The number of aromatic nitrogens is 1. The van der Waals surface area contributed by atoms with E-state index >= 15 is 0 Å². The number of aliphatic hydroxyl groups excluding tert-OH is 1. The van der Waals surface area contributed by atoms with Crippen molar-refractivity contribution in [3.8, 4) is 0 Å². The molecule has 1 heterocycles. The molecule has 0 spiro atoms. The first-order valence-corrected chi connectivity index (χ1v) is 7.97. The van der Waals surface area contributed by atoms with E-state index < -0.39 is 0 Å². The zero-order chi connectivity index (χ0) is 14.8. The summed E-state index contributed by atoms with van der Waals surface area (Å²) in [4.78, 5) is 17.2. The van der Waals surface area contributed by atoms with E-state index in [2.05, 4.69) is 10.3 Å². The molecule has 0 bridgehead atoms. The molecule has 21 heavy (non-hydrogen) atoms. The zero-order valence-electron chi connectivity index (χ0n) is 11.8. The fourth-order valence-corrected chi connectivity index (χ4v) is 3.47. The van der Waals surface area contributed by atoms with Crippen LogP contribution in [0.5, 0.6) is 0 Å². The number of carbonyl (C=O) groups excluding carboxylic acids is 1. The maximum Gasteiger partial charge on any atom is 0.263 e. The summed E-state index contributed by atoms with van der Waals surface area (Å²) in [5.74, 6) is 0.213. The van der Waals surface area contributed by atoms with Crippen LogP contribution < -0.4 is 5.32 Å². The van der Waals surface area contributed by atoms with Gasteiger partial charge in [-0.2, -0.15) is 0 Å². The quantitative estimate of drug-likeness (QED) is 0.913. The Labute approximate surface area is 127 Å². The van der Waals surface area contributed by atoms with Gasteiger partial charge in [-0.15, -0.1) is 11.3 Å². The van der Waals surface area contributed by atoms with Gasteiger partial charge in [0, 0.05) is 0 Å². The first-order chi connectivity index (χ1) is 10.1. The van der Waals surface area contributed by atoms with E-state index in [1.54, 1.807) is 5.51 Å². The van der Waals surface area contributed by atoms with Crippen molar-refractivity contribution >= 4 is 17.2 Å². The number of nitrogens with one attached hydrogen (secondary N) is 1. The van der Waals surface area contributed by atoms with Gasteiger partial charge in [0.25, 0.3) is 5.91 Å². The molecule has 1 amide bonds. The fourth-order valence-electron chi connectivity index (χ4n) is 2.76. The lowest BCUT2D eigenvalue weighted by Gasteiger charge is -2.38. The number of hydrogen-bond donors (Lipinski definition) is 2. The highest BCUT2D eigenvalue weighted by Gasteiger charge is 2.36. The predicted molar refractivity (Wildman–Crippen MR) is 82.2 cm³/mol. The van der Waals surface area contributed by atoms with Crippen LogP contribution in [0.1, 0.15) is 39.8 Å². The first kappa shape index (κ1) is 14.2. The molecular formula is C16H18N2O2S. The van der Waals surface area contributed by atoms with Gasteiger partial charge >= 0.3 is 0 Å². The first-order valence-electron chi connectivity index (χ1n) is 7.09. The number of aliphatic hydroxyl groups is 1. The second-order valence-corrected chi connectivity index (χ2v) is 6.37. The van der Waals surface area contributed by atoms with Crippen molar-refractivity contribution in [2.24, 2.45) is 5.92 Å².